The van der Waals surface area contributed by atoms with Crippen LogP contribution in [0.2, 0.25) is 0 Å². The van der Waals surface area contributed by atoms with E-state index in [0.717, 1.165) is 22.4 Å². The Kier molecular flexibility index (Phi) is 6.45. The van der Waals surface area contributed by atoms with Gasteiger partial charge in [-0.15, -0.1) is 0 Å². The average molecular weight is 387 g/mol. The Morgan fingerprint density at radius 3 is 2.14 bits per heavy atom. The van der Waals surface area contributed by atoms with E-state index in [1.54, 1.807) is 17.0 Å². The van der Waals surface area contributed by atoms with Gasteiger partial charge >= 0.3 is 5.97 Å². The fourth-order valence-corrected chi connectivity index (χ4v) is 3.24. The van der Waals surface area contributed by atoms with Crippen LogP contribution in [-0.2, 0) is 9.53 Å². The molecule has 0 bridgehead atoms. The largest absolute Gasteiger partial charge is 0.452 e. The first-order valence-electron chi connectivity index (χ1n) is 9.67. The standard InChI is InChI=1S/C25H25NO3/c1-18(2)26(21-9-5-4-6-10-21)24(27)17-29-25(28)23-12-8-7-11-22(23)20-15-13-19(3)14-16-20/h4-16,18H,17H2,1-3H3. The van der Waals surface area contributed by atoms with Crippen molar-refractivity contribution in [3.63, 3.8) is 0 Å². The Hall–Kier alpha value is -3.40. The molecule has 0 aliphatic rings. The number of amides is 1. The minimum Gasteiger partial charge on any atom is -0.452 e. The topological polar surface area (TPSA) is 46.6 Å². The van der Waals surface area contributed by atoms with E-state index in [2.05, 4.69) is 0 Å². The lowest BCUT2D eigenvalue weighted by Gasteiger charge is -2.26. The third-order valence-corrected chi connectivity index (χ3v) is 4.66. The van der Waals surface area contributed by atoms with E-state index < -0.39 is 5.97 Å². The zero-order valence-electron chi connectivity index (χ0n) is 17.0. The minimum atomic E-state index is -0.508. The summed E-state index contributed by atoms with van der Waals surface area (Å²) in [5.41, 5.74) is 4.09. The number of carbonyl (C=O) groups is 2. The monoisotopic (exact) mass is 387 g/mol. The van der Waals surface area contributed by atoms with E-state index in [9.17, 15) is 9.59 Å². The van der Waals surface area contributed by atoms with Gasteiger partial charge in [0.25, 0.3) is 5.91 Å². The smallest absolute Gasteiger partial charge is 0.339 e. The molecule has 4 nitrogen and oxygen atoms in total. The van der Waals surface area contributed by atoms with Gasteiger partial charge in [-0.3, -0.25) is 4.79 Å². The number of para-hydroxylation sites is 1. The first-order chi connectivity index (χ1) is 14.0. The van der Waals surface area contributed by atoms with Gasteiger partial charge in [0.15, 0.2) is 6.61 Å². The van der Waals surface area contributed by atoms with E-state index >= 15 is 0 Å². The Bertz CT molecular complexity index is 978. The predicted molar refractivity (Wildman–Crippen MR) is 116 cm³/mol. The summed E-state index contributed by atoms with van der Waals surface area (Å²) in [7, 11) is 0. The van der Waals surface area contributed by atoms with Crippen molar-refractivity contribution in [2.45, 2.75) is 26.8 Å². The number of esters is 1. The molecule has 148 valence electrons. The van der Waals surface area contributed by atoms with Crippen molar-refractivity contribution in [3.05, 3.63) is 90.0 Å². The lowest BCUT2D eigenvalue weighted by atomic mass is 9.99. The maximum atomic E-state index is 12.8. The number of rotatable bonds is 6. The van der Waals surface area contributed by atoms with Crippen LogP contribution in [0.1, 0.15) is 29.8 Å². The van der Waals surface area contributed by atoms with Crippen molar-refractivity contribution in [1.29, 1.82) is 0 Å². The summed E-state index contributed by atoms with van der Waals surface area (Å²) in [4.78, 5) is 27.1. The van der Waals surface area contributed by atoms with Crippen LogP contribution in [0.15, 0.2) is 78.9 Å². The molecule has 0 aliphatic heterocycles. The van der Waals surface area contributed by atoms with Crippen LogP contribution in [0, 0.1) is 6.92 Å². The summed E-state index contributed by atoms with van der Waals surface area (Å²) < 4.78 is 5.40. The molecule has 3 rings (SSSR count). The molecule has 3 aromatic carbocycles. The van der Waals surface area contributed by atoms with Crippen molar-refractivity contribution in [2.24, 2.45) is 0 Å². The number of carbonyl (C=O) groups excluding carboxylic acids is 2. The van der Waals surface area contributed by atoms with Crippen molar-refractivity contribution < 1.29 is 14.3 Å². The first-order valence-corrected chi connectivity index (χ1v) is 9.67. The summed E-state index contributed by atoms with van der Waals surface area (Å²) in [6.07, 6.45) is 0. The maximum absolute atomic E-state index is 12.8. The molecule has 0 aromatic heterocycles. The van der Waals surface area contributed by atoms with Crippen molar-refractivity contribution >= 4 is 17.6 Å². The van der Waals surface area contributed by atoms with E-state index in [0.29, 0.717) is 5.56 Å². The Labute approximate surface area is 171 Å². The van der Waals surface area contributed by atoms with Crippen LogP contribution in [0.5, 0.6) is 0 Å². The molecule has 0 saturated heterocycles. The molecule has 0 fully saturated rings. The van der Waals surface area contributed by atoms with Gasteiger partial charge in [-0.05, 0) is 50.1 Å². The molecule has 0 atom stereocenters. The third-order valence-electron chi connectivity index (χ3n) is 4.66. The molecule has 4 heteroatoms. The number of hydrogen-bond donors (Lipinski definition) is 0. The molecule has 0 saturated carbocycles. The SMILES string of the molecule is Cc1ccc(-c2ccccc2C(=O)OCC(=O)N(c2ccccc2)C(C)C)cc1. The van der Waals surface area contributed by atoms with Crippen molar-refractivity contribution in [3.8, 4) is 11.1 Å². The van der Waals surface area contributed by atoms with Gasteiger partial charge in [0, 0.05) is 11.7 Å². The molecule has 0 aliphatic carbocycles. The fraction of sp³-hybridized carbons (Fsp3) is 0.200. The van der Waals surface area contributed by atoms with Gasteiger partial charge in [-0.2, -0.15) is 0 Å². The molecule has 0 unspecified atom stereocenters. The van der Waals surface area contributed by atoms with Crippen LogP contribution in [-0.4, -0.2) is 24.5 Å². The van der Waals surface area contributed by atoms with Gasteiger partial charge in [0.05, 0.1) is 5.56 Å². The Morgan fingerprint density at radius 1 is 0.862 bits per heavy atom. The van der Waals surface area contributed by atoms with Crippen molar-refractivity contribution in [1.82, 2.24) is 0 Å². The average Bonchev–Trinajstić information content (AvgIpc) is 2.73. The summed E-state index contributed by atoms with van der Waals surface area (Å²) >= 11 is 0. The zero-order valence-corrected chi connectivity index (χ0v) is 17.0. The summed E-state index contributed by atoms with van der Waals surface area (Å²) in [5.74, 6) is -0.765. The molecule has 0 heterocycles. The molecule has 3 aromatic rings. The van der Waals surface area contributed by atoms with Gasteiger partial charge in [0.2, 0.25) is 0 Å². The van der Waals surface area contributed by atoms with Gasteiger partial charge in [-0.1, -0.05) is 66.2 Å². The van der Waals surface area contributed by atoms with E-state index in [1.807, 2.05) is 87.5 Å². The van der Waals surface area contributed by atoms with Crippen molar-refractivity contribution in [2.75, 3.05) is 11.5 Å². The Balaban J connectivity index is 1.76. The second-order valence-corrected chi connectivity index (χ2v) is 7.18. The molecular formula is C25H25NO3. The maximum Gasteiger partial charge on any atom is 0.339 e. The van der Waals surface area contributed by atoms with E-state index in [4.69, 9.17) is 4.74 Å². The van der Waals surface area contributed by atoms with Gasteiger partial charge in [-0.25, -0.2) is 4.79 Å². The minimum absolute atomic E-state index is 0.0524. The predicted octanol–water partition coefficient (Wildman–Crippen LogP) is 5.26. The summed E-state index contributed by atoms with van der Waals surface area (Å²) in [6, 6.07) is 24.6. The highest BCUT2D eigenvalue weighted by Crippen LogP contribution is 2.25. The highest BCUT2D eigenvalue weighted by Gasteiger charge is 2.21. The molecule has 0 radical (unpaired) electrons. The number of hydrogen-bond acceptors (Lipinski definition) is 3. The van der Waals surface area contributed by atoms with Crippen LogP contribution >= 0.6 is 0 Å². The summed E-state index contributed by atoms with van der Waals surface area (Å²) in [6.45, 7) is 5.57. The number of benzene rings is 3. The number of nitrogens with zero attached hydrogens (tertiary/aromatic N) is 1. The lowest BCUT2D eigenvalue weighted by molar-refractivity contribution is -0.122. The number of anilines is 1. The van der Waals surface area contributed by atoms with Gasteiger partial charge in [0.1, 0.15) is 0 Å². The van der Waals surface area contributed by atoms with Crippen LogP contribution in [0.25, 0.3) is 11.1 Å². The first kappa shape index (κ1) is 20.3. The van der Waals surface area contributed by atoms with E-state index in [-0.39, 0.29) is 18.6 Å². The molecule has 1 amide bonds. The number of ether oxygens (including phenoxy) is 1. The highest BCUT2D eigenvalue weighted by atomic mass is 16.5. The lowest BCUT2D eigenvalue weighted by Crippen LogP contribution is -2.39. The fourth-order valence-electron chi connectivity index (χ4n) is 3.24. The number of aryl methyl sites for hydroxylation is 1. The molecule has 29 heavy (non-hydrogen) atoms. The second-order valence-electron chi connectivity index (χ2n) is 7.18. The van der Waals surface area contributed by atoms with Crippen LogP contribution in [0.4, 0.5) is 5.69 Å². The third kappa shape index (κ3) is 4.91. The van der Waals surface area contributed by atoms with Crippen LogP contribution in [0.3, 0.4) is 0 Å². The molecular weight excluding hydrogens is 362 g/mol. The highest BCUT2D eigenvalue weighted by molar-refractivity contribution is 6.00. The normalized spacial score (nSPS) is 10.6. The van der Waals surface area contributed by atoms with E-state index in [1.165, 1.54) is 0 Å². The zero-order chi connectivity index (χ0) is 20.8. The summed E-state index contributed by atoms with van der Waals surface area (Å²) in [5, 5.41) is 0. The van der Waals surface area contributed by atoms with Gasteiger partial charge < -0.3 is 9.64 Å². The molecule has 0 spiro atoms. The quantitative estimate of drug-likeness (QED) is 0.542. The van der Waals surface area contributed by atoms with Crippen LogP contribution < -0.4 is 4.90 Å². The Morgan fingerprint density at radius 2 is 1.48 bits per heavy atom. The second kappa shape index (κ2) is 9.20. The molecule has 0 N–H and O–H groups in total.